The molecule has 158 valence electrons. The van der Waals surface area contributed by atoms with E-state index in [1.165, 1.54) is 22.3 Å². The molecule has 0 aliphatic carbocycles. The van der Waals surface area contributed by atoms with Crippen LogP contribution in [0.5, 0.6) is 0 Å². The maximum absolute atomic E-state index is 12.8. The van der Waals surface area contributed by atoms with Crippen molar-refractivity contribution in [2.45, 2.75) is 26.8 Å². The van der Waals surface area contributed by atoms with Crippen LogP contribution in [0.15, 0.2) is 51.9 Å². The number of thiazole rings is 1. The SMILES string of the molecule is Cc1sc(-c2ccco2)nc1C(=O)NNC(=O)c1nn(C(C)C)c(=O)c2ccccc12. The number of amides is 2. The van der Waals surface area contributed by atoms with Gasteiger partial charge in [-0.2, -0.15) is 5.10 Å². The number of hydrogen-bond acceptors (Lipinski definition) is 7. The van der Waals surface area contributed by atoms with Crippen LogP contribution in [-0.4, -0.2) is 26.6 Å². The molecule has 4 aromatic rings. The summed E-state index contributed by atoms with van der Waals surface area (Å²) < 4.78 is 6.56. The molecule has 2 amide bonds. The zero-order valence-electron chi connectivity index (χ0n) is 17.0. The van der Waals surface area contributed by atoms with Crippen LogP contribution < -0.4 is 16.4 Å². The molecule has 0 saturated carbocycles. The summed E-state index contributed by atoms with van der Waals surface area (Å²) >= 11 is 1.31. The Labute approximate surface area is 180 Å². The van der Waals surface area contributed by atoms with Crippen molar-refractivity contribution in [3.63, 3.8) is 0 Å². The lowest BCUT2D eigenvalue weighted by Crippen LogP contribution is -2.43. The first-order valence-corrected chi connectivity index (χ1v) is 10.3. The van der Waals surface area contributed by atoms with Crippen LogP contribution in [0, 0.1) is 6.92 Å². The Bertz CT molecular complexity index is 1340. The minimum absolute atomic E-state index is 0.0375. The second kappa shape index (κ2) is 8.15. The number of hydrazine groups is 1. The minimum atomic E-state index is -0.641. The molecule has 10 heteroatoms. The van der Waals surface area contributed by atoms with E-state index in [9.17, 15) is 14.4 Å². The monoisotopic (exact) mass is 437 g/mol. The quantitative estimate of drug-likeness (QED) is 0.474. The average molecular weight is 437 g/mol. The second-order valence-corrected chi connectivity index (χ2v) is 8.25. The Hall–Kier alpha value is -3.79. The van der Waals surface area contributed by atoms with E-state index in [1.54, 1.807) is 57.2 Å². The first-order valence-electron chi connectivity index (χ1n) is 9.50. The van der Waals surface area contributed by atoms with Crippen LogP contribution in [0.2, 0.25) is 0 Å². The third-order valence-electron chi connectivity index (χ3n) is 4.57. The van der Waals surface area contributed by atoms with Crippen molar-refractivity contribution in [3.05, 3.63) is 69.3 Å². The van der Waals surface area contributed by atoms with Crippen molar-refractivity contribution in [3.8, 4) is 10.8 Å². The van der Waals surface area contributed by atoms with E-state index < -0.39 is 11.8 Å². The van der Waals surface area contributed by atoms with E-state index in [2.05, 4.69) is 20.9 Å². The van der Waals surface area contributed by atoms with E-state index in [0.29, 0.717) is 26.4 Å². The van der Waals surface area contributed by atoms with Crippen LogP contribution in [0.25, 0.3) is 21.5 Å². The summed E-state index contributed by atoms with van der Waals surface area (Å²) in [5.41, 5.74) is 4.68. The summed E-state index contributed by atoms with van der Waals surface area (Å²) in [4.78, 5) is 43.0. The van der Waals surface area contributed by atoms with E-state index >= 15 is 0 Å². The minimum Gasteiger partial charge on any atom is -0.462 e. The molecule has 0 radical (unpaired) electrons. The predicted octanol–water partition coefficient (Wildman–Crippen LogP) is 3.08. The van der Waals surface area contributed by atoms with Gasteiger partial charge < -0.3 is 4.42 Å². The van der Waals surface area contributed by atoms with Crippen LogP contribution in [0.3, 0.4) is 0 Å². The fourth-order valence-corrected chi connectivity index (χ4v) is 3.95. The van der Waals surface area contributed by atoms with Gasteiger partial charge in [0.25, 0.3) is 17.4 Å². The Morgan fingerprint density at radius 1 is 1.03 bits per heavy atom. The highest BCUT2D eigenvalue weighted by molar-refractivity contribution is 7.15. The molecule has 3 aromatic heterocycles. The predicted molar refractivity (Wildman–Crippen MR) is 116 cm³/mol. The lowest BCUT2D eigenvalue weighted by Gasteiger charge is -2.13. The van der Waals surface area contributed by atoms with Crippen LogP contribution in [0.4, 0.5) is 0 Å². The number of carbonyl (C=O) groups excluding carboxylic acids is 2. The lowest BCUT2D eigenvalue weighted by molar-refractivity contribution is 0.0841. The molecule has 0 atom stereocenters. The number of nitrogens with one attached hydrogen (secondary N) is 2. The third kappa shape index (κ3) is 3.84. The van der Waals surface area contributed by atoms with Crippen LogP contribution in [-0.2, 0) is 0 Å². The first kappa shape index (κ1) is 20.5. The molecule has 0 aliphatic heterocycles. The van der Waals surface area contributed by atoms with Gasteiger partial charge in [0.15, 0.2) is 16.5 Å². The second-order valence-electron chi connectivity index (χ2n) is 7.05. The van der Waals surface area contributed by atoms with E-state index in [1.807, 2.05) is 0 Å². The standard InChI is InChI=1S/C21H19N5O4S/c1-11(2)26-21(29)14-8-5-4-7-13(14)17(25-26)19(28)24-23-18(27)16-12(3)31-20(22-16)15-9-6-10-30-15/h4-11H,1-3H3,(H,23,27)(H,24,28). The summed E-state index contributed by atoms with van der Waals surface area (Å²) in [7, 11) is 0. The third-order valence-corrected chi connectivity index (χ3v) is 5.55. The Kier molecular flexibility index (Phi) is 5.38. The number of carbonyl (C=O) groups is 2. The zero-order chi connectivity index (χ0) is 22.1. The van der Waals surface area contributed by atoms with E-state index in [0.717, 1.165) is 0 Å². The smallest absolute Gasteiger partial charge is 0.290 e. The molecule has 3 heterocycles. The maximum atomic E-state index is 12.8. The van der Waals surface area contributed by atoms with Crippen molar-refractivity contribution in [2.24, 2.45) is 0 Å². The fraction of sp³-hybridized carbons (Fsp3) is 0.190. The van der Waals surface area contributed by atoms with Crippen LogP contribution >= 0.6 is 11.3 Å². The first-order chi connectivity index (χ1) is 14.9. The van der Waals surface area contributed by atoms with Crippen molar-refractivity contribution in [1.82, 2.24) is 25.6 Å². The molecule has 9 nitrogen and oxygen atoms in total. The molecule has 0 spiro atoms. The van der Waals surface area contributed by atoms with Crippen molar-refractivity contribution in [1.29, 1.82) is 0 Å². The molecule has 0 saturated heterocycles. The number of furan rings is 1. The van der Waals surface area contributed by atoms with Crippen LogP contribution in [0.1, 0.15) is 45.7 Å². The highest BCUT2D eigenvalue weighted by atomic mass is 32.1. The summed E-state index contributed by atoms with van der Waals surface area (Å²) in [6, 6.07) is 9.97. The molecule has 31 heavy (non-hydrogen) atoms. The van der Waals surface area contributed by atoms with Crippen molar-refractivity contribution >= 4 is 33.9 Å². The average Bonchev–Trinajstić information content (AvgIpc) is 3.42. The molecule has 1 aromatic carbocycles. The van der Waals surface area contributed by atoms with Crippen molar-refractivity contribution in [2.75, 3.05) is 0 Å². The zero-order valence-corrected chi connectivity index (χ0v) is 17.8. The Balaban J connectivity index is 1.58. The highest BCUT2D eigenvalue weighted by Crippen LogP contribution is 2.27. The number of rotatable bonds is 4. The summed E-state index contributed by atoms with van der Waals surface area (Å²) in [6.45, 7) is 5.36. The van der Waals surface area contributed by atoms with Gasteiger partial charge in [-0.15, -0.1) is 11.3 Å². The lowest BCUT2D eigenvalue weighted by atomic mass is 10.1. The molecule has 0 unspecified atom stereocenters. The molecule has 4 rings (SSSR count). The van der Waals surface area contributed by atoms with Gasteiger partial charge in [0.1, 0.15) is 5.69 Å². The number of nitrogens with zero attached hydrogens (tertiary/aromatic N) is 3. The Morgan fingerprint density at radius 2 is 1.71 bits per heavy atom. The van der Waals surface area contributed by atoms with Gasteiger partial charge in [-0.1, -0.05) is 18.2 Å². The van der Waals surface area contributed by atoms with E-state index in [4.69, 9.17) is 4.42 Å². The van der Waals surface area contributed by atoms with Gasteiger partial charge in [-0.25, -0.2) is 9.67 Å². The van der Waals surface area contributed by atoms with Crippen molar-refractivity contribution < 1.29 is 14.0 Å². The number of aromatic nitrogens is 3. The molecule has 0 fully saturated rings. The molecule has 2 N–H and O–H groups in total. The highest BCUT2D eigenvalue weighted by Gasteiger charge is 2.21. The molecule has 0 aliphatic rings. The molecular formula is C21H19N5O4S. The number of fused-ring (bicyclic) bond motifs is 1. The summed E-state index contributed by atoms with van der Waals surface area (Å²) in [5, 5.41) is 5.57. The maximum Gasteiger partial charge on any atom is 0.290 e. The normalized spacial score (nSPS) is 11.1. The number of aryl methyl sites for hydroxylation is 1. The van der Waals surface area contributed by atoms with Gasteiger partial charge in [-0.05, 0) is 39.0 Å². The van der Waals surface area contributed by atoms with Gasteiger partial charge in [-0.3, -0.25) is 25.2 Å². The summed E-state index contributed by atoms with van der Waals surface area (Å²) in [5.74, 6) is -0.651. The van der Waals surface area contributed by atoms with Gasteiger partial charge in [0.05, 0.1) is 17.7 Å². The number of hydrogen-bond donors (Lipinski definition) is 2. The van der Waals surface area contributed by atoms with Gasteiger partial charge in [0.2, 0.25) is 0 Å². The molecule has 0 bridgehead atoms. The topological polar surface area (TPSA) is 119 Å². The molecular weight excluding hydrogens is 418 g/mol. The summed E-state index contributed by atoms with van der Waals surface area (Å²) in [6.07, 6.45) is 1.53. The van der Waals surface area contributed by atoms with Gasteiger partial charge in [0, 0.05) is 10.3 Å². The van der Waals surface area contributed by atoms with Gasteiger partial charge >= 0.3 is 0 Å². The fourth-order valence-electron chi connectivity index (χ4n) is 3.07. The Morgan fingerprint density at radius 3 is 2.35 bits per heavy atom. The number of benzene rings is 1. The largest absolute Gasteiger partial charge is 0.462 e. The van der Waals surface area contributed by atoms with E-state index in [-0.39, 0.29) is 23.0 Å².